The van der Waals surface area contributed by atoms with Gasteiger partial charge in [-0.3, -0.25) is 0 Å². The molecular formula is C21H13F3O. The molecule has 0 aliphatic heterocycles. The average molecular weight is 338 g/mol. The van der Waals surface area contributed by atoms with Crippen molar-refractivity contribution in [3.8, 4) is 22.5 Å². The van der Waals surface area contributed by atoms with Crippen LogP contribution in [0.5, 0.6) is 0 Å². The fraction of sp³-hybridized carbons (Fsp3) is 0.0476. The van der Waals surface area contributed by atoms with Gasteiger partial charge < -0.3 is 4.42 Å². The Kier molecular flexibility index (Phi) is 3.61. The third-order valence-electron chi connectivity index (χ3n) is 4.13. The molecule has 0 fully saturated rings. The molecule has 0 aliphatic rings. The van der Waals surface area contributed by atoms with Crippen molar-refractivity contribution < 1.29 is 17.6 Å². The van der Waals surface area contributed by atoms with E-state index in [0.717, 1.165) is 28.6 Å². The number of hydrogen-bond donors (Lipinski definition) is 0. The molecular weight excluding hydrogens is 325 g/mol. The third kappa shape index (κ3) is 2.80. The van der Waals surface area contributed by atoms with Gasteiger partial charge in [0.1, 0.15) is 11.3 Å². The molecule has 1 heterocycles. The number of halogens is 3. The summed E-state index contributed by atoms with van der Waals surface area (Å²) in [4.78, 5) is 0. The molecule has 0 amide bonds. The lowest BCUT2D eigenvalue weighted by molar-refractivity contribution is -0.137. The van der Waals surface area contributed by atoms with E-state index in [4.69, 9.17) is 4.42 Å². The van der Waals surface area contributed by atoms with Crippen LogP contribution >= 0.6 is 0 Å². The van der Waals surface area contributed by atoms with E-state index in [9.17, 15) is 13.2 Å². The second kappa shape index (κ2) is 5.81. The molecule has 1 aromatic heterocycles. The van der Waals surface area contributed by atoms with Crippen LogP contribution in [-0.4, -0.2) is 0 Å². The maximum atomic E-state index is 12.8. The molecule has 0 aliphatic carbocycles. The maximum Gasteiger partial charge on any atom is 0.416 e. The molecule has 0 saturated heterocycles. The highest BCUT2D eigenvalue weighted by atomic mass is 19.4. The Morgan fingerprint density at radius 2 is 1.28 bits per heavy atom. The average Bonchev–Trinajstić information content (AvgIpc) is 3.01. The molecule has 0 saturated carbocycles. The lowest BCUT2D eigenvalue weighted by Crippen LogP contribution is -2.03. The molecule has 0 atom stereocenters. The van der Waals surface area contributed by atoms with Crippen molar-refractivity contribution >= 4 is 11.0 Å². The smallest absolute Gasteiger partial charge is 0.416 e. The van der Waals surface area contributed by atoms with Gasteiger partial charge in [0.15, 0.2) is 0 Å². The second-order valence-corrected chi connectivity index (χ2v) is 5.74. The summed E-state index contributed by atoms with van der Waals surface area (Å²) in [5.41, 5.74) is 2.42. The summed E-state index contributed by atoms with van der Waals surface area (Å²) < 4.78 is 44.5. The minimum absolute atomic E-state index is 0.654. The maximum absolute atomic E-state index is 12.8. The lowest BCUT2D eigenvalue weighted by Gasteiger charge is -2.08. The fourth-order valence-corrected chi connectivity index (χ4v) is 2.95. The Morgan fingerprint density at radius 1 is 0.640 bits per heavy atom. The first-order chi connectivity index (χ1) is 12.0. The first kappa shape index (κ1) is 15.5. The lowest BCUT2D eigenvalue weighted by atomic mass is 9.97. The molecule has 4 heteroatoms. The number of furan rings is 1. The van der Waals surface area contributed by atoms with Gasteiger partial charge in [-0.2, -0.15) is 13.2 Å². The summed E-state index contributed by atoms with van der Waals surface area (Å²) in [6.07, 6.45) is -4.35. The van der Waals surface area contributed by atoms with E-state index in [1.165, 1.54) is 12.1 Å². The predicted molar refractivity (Wildman–Crippen MR) is 92.1 cm³/mol. The normalized spacial score (nSPS) is 11.8. The molecule has 4 aromatic rings. The molecule has 0 spiro atoms. The summed E-state index contributed by atoms with van der Waals surface area (Å²) in [7, 11) is 0. The summed E-state index contributed by atoms with van der Waals surface area (Å²) in [6, 6.07) is 22.3. The Balaban J connectivity index is 1.94. The first-order valence-corrected chi connectivity index (χ1v) is 7.78. The van der Waals surface area contributed by atoms with Gasteiger partial charge in [-0.1, -0.05) is 60.7 Å². The van der Waals surface area contributed by atoms with Gasteiger partial charge >= 0.3 is 6.18 Å². The molecule has 0 bridgehead atoms. The van der Waals surface area contributed by atoms with Gasteiger partial charge in [0.05, 0.1) is 5.56 Å². The van der Waals surface area contributed by atoms with Gasteiger partial charge in [-0.25, -0.2) is 0 Å². The van der Waals surface area contributed by atoms with Gasteiger partial charge in [-0.15, -0.1) is 0 Å². The summed E-state index contributed by atoms with van der Waals surface area (Å²) in [5, 5.41) is 0.876. The molecule has 25 heavy (non-hydrogen) atoms. The zero-order chi connectivity index (χ0) is 17.4. The summed E-state index contributed by atoms with van der Waals surface area (Å²) in [6.45, 7) is 0. The highest BCUT2D eigenvalue weighted by molar-refractivity contribution is 6.01. The van der Waals surface area contributed by atoms with Crippen LogP contribution in [-0.2, 0) is 6.18 Å². The number of alkyl halides is 3. The zero-order valence-electron chi connectivity index (χ0n) is 13.0. The van der Waals surface area contributed by atoms with Gasteiger partial charge in [-0.05, 0) is 23.8 Å². The molecule has 3 aromatic carbocycles. The van der Waals surface area contributed by atoms with Gasteiger partial charge in [0.2, 0.25) is 0 Å². The molecule has 0 N–H and O–H groups in total. The zero-order valence-corrected chi connectivity index (χ0v) is 13.0. The minimum Gasteiger partial charge on any atom is -0.455 e. The number of para-hydroxylation sites is 1. The van der Waals surface area contributed by atoms with E-state index in [2.05, 4.69) is 0 Å². The molecule has 0 radical (unpaired) electrons. The van der Waals surface area contributed by atoms with E-state index in [1.807, 2.05) is 54.6 Å². The number of hydrogen-bond acceptors (Lipinski definition) is 1. The molecule has 0 unspecified atom stereocenters. The second-order valence-electron chi connectivity index (χ2n) is 5.74. The highest BCUT2D eigenvalue weighted by Gasteiger charge is 2.30. The van der Waals surface area contributed by atoms with Crippen molar-refractivity contribution in [2.24, 2.45) is 0 Å². The van der Waals surface area contributed by atoms with E-state index in [1.54, 1.807) is 0 Å². The third-order valence-corrected chi connectivity index (χ3v) is 4.13. The Bertz CT molecular complexity index is 1010. The quantitative estimate of drug-likeness (QED) is 0.392. The molecule has 1 nitrogen and oxygen atoms in total. The van der Waals surface area contributed by atoms with Crippen LogP contribution in [0, 0.1) is 0 Å². The van der Waals surface area contributed by atoms with Gasteiger partial charge in [0, 0.05) is 16.5 Å². The standard InChI is InChI=1S/C21H13F3O/c22-21(23,24)16-12-10-14(11-13-16)19-17-8-4-5-9-18(17)25-20(19)15-6-2-1-3-7-15/h1-13H. The monoisotopic (exact) mass is 338 g/mol. The van der Waals surface area contributed by atoms with Crippen molar-refractivity contribution in [2.45, 2.75) is 6.18 Å². The van der Waals surface area contributed by atoms with E-state index >= 15 is 0 Å². The minimum atomic E-state index is -4.35. The predicted octanol–water partition coefficient (Wildman–Crippen LogP) is 6.79. The van der Waals surface area contributed by atoms with Gasteiger partial charge in [0.25, 0.3) is 0 Å². The highest BCUT2D eigenvalue weighted by Crippen LogP contribution is 2.41. The molecule has 4 rings (SSSR count). The van der Waals surface area contributed by atoms with Crippen LogP contribution in [0.15, 0.2) is 83.3 Å². The Hall–Kier alpha value is -3.01. The number of benzene rings is 3. The van der Waals surface area contributed by atoms with E-state index in [-0.39, 0.29) is 0 Å². The number of rotatable bonds is 2. The Morgan fingerprint density at radius 3 is 1.96 bits per heavy atom. The van der Waals surface area contributed by atoms with Crippen LogP contribution in [0.3, 0.4) is 0 Å². The largest absolute Gasteiger partial charge is 0.455 e. The van der Waals surface area contributed by atoms with E-state index < -0.39 is 11.7 Å². The van der Waals surface area contributed by atoms with Crippen LogP contribution in [0.25, 0.3) is 33.4 Å². The Labute approximate surface area is 142 Å². The summed E-state index contributed by atoms with van der Waals surface area (Å²) >= 11 is 0. The first-order valence-electron chi connectivity index (χ1n) is 7.78. The summed E-state index contributed by atoms with van der Waals surface area (Å²) in [5.74, 6) is 0.654. The fourth-order valence-electron chi connectivity index (χ4n) is 2.95. The van der Waals surface area contributed by atoms with Crippen molar-refractivity contribution in [3.63, 3.8) is 0 Å². The van der Waals surface area contributed by atoms with Crippen molar-refractivity contribution in [1.82, 2.24) is 0 Å². The van der Waals surface area contributed by atoms with Crippen LogP contribution < -0.4 is 0 Å². The van der Waals surface area contributed by atoms with Crippen molar-refractivity contribution in [1.29, 1.82) is 0 Å². The van der Waals surface area contributed by atoms with Crippen LogP contribution in [0.1, 0.15) is 5.56 Å². The molecule has 124 valence electrons. The van der Waals surface area contributed by atoms with Crippen molar-refractivity contribution in [3.05, 3.63) is 84.4 Å². The topological polar surface area (TPSA) is 13.1 Å². The SMILES string of the molecule is FC(F)(F)c1ccc(-c2c(-c3ccccc3)oc3ccccc23)cc1. The number of fused-ring (bicyclic) bond motifs is 1. The van der Waals surface area contributed by atoms with Crippen molar-refractivity contribution in [2.75, 3.05) is 0 Å². The van der Waals surface area contributed by atoms with E-state index in [0.29, 0.717) is 16.9 Å². The van der Waals surface area contributed by atoms with Crippen LogP contribution in [0.2, 0.25) is 0 Å². The van der Waals surface area contributed by atoms with Crippen LogP contribution in [0.4, 0.5) is 13.2 Å².